The zero-order chi connectivity index (χ0) is 13.9. The first-order valence-corrected chi connectivity index (χ1v) is 8.06. The van der Waals surface area contributed by atoms with Crippen LogP contribution in [0.3, 0.4) is 0 Å². The number of aryl methyl sites for hydroxylation is 1. The monoisotopic (exact) mass is 274 g/mol. The summed E-state index contributed by atoms with van der Waals surface area (Å²) in [6.45, 7) is 8.01. The number of piperidine rings is 1. The lowest BCUT2D eigenvalue weighted by Gasteiger charge is -2.34. The highest BCUT2D eigenvalue weighted by Crippen LogP contribution is 2.30. The summed E-state index contributed by atoms with van der Waals surface area (Å²) in [4.78, 5) is 11.6. The van der Waals surface area contributed by atoms with Crippen molar-refractivity contribution in [3.05, 3.63) is 17.6 Å². The molecule has 1 N–H and O–H groups in total. The first kappa shape index (κ1) is 13.8. The fraction of sp³-hybridized carbons (Fsp3) is 0.750. The molecule has 3 rings (SSSR count). The van der Waals surface area contributed by atoms with E-state index >= 15 is 0 Å². The second kappa shape index (κ2) is 6.08. The van der Waals surface area contributed by atoms with Crippen LogP contribution in [-0.4, -0.2) is 35.6 Å². The van der Waals surface area contributed by atoms with Gasteiger partial charge in [-0.3, -0.25) is 0 Å². The maximum absolute atomic E-state index is 4.63. The largest absolute Gasteiger partial charge is 0.354 e. The molecule has 1 atom stereocenters. The molecule has 0 bridgehead atoms. The Bertz CT molecular complexity index is 452. The van der Waals surface area contributed by atoms with Crippen LogP contribution in [0.5, 0.6) is 0 Å². The van der Waals surface area contributed by atoms with Crippen LogP contribution in [0, 0.1) is 5.92 Å². The smallest absolute Gasteiger partial charge is 0.135 e. The van der Waals surface area contributed by atoms with E-state index in [9.17, 15) is 0 Å². The van der Waals surface area contributed by atoms with Gasteiger partial charge in [-0.25, -0.2) is 9.97 Å². The van der Waals surface area contributed by atoms with Gasteiger partial charge in [0.15, 0.2) is 0 Å². The van der Waals surface area contributed by atoms with E-state index in [-0.39, 0.29) is 0 Å². The first-order chi connectivity index (χ1) is 9.75. The predicted octanol–water partition coefficient (Wildman–Crippen LogP) is 2.18. The van der Waals surface area contributed by atoms with Gasteiger partial charge in [0.05, 0.1) is 0 Å². The van der Waals surface area contributed by atoms with Crippen LogP contribution >= 0.6 is 0 Å². The number of aromatic nitrogens is 2. The summed E-state index contributed by atoms with van der Waals surface area (Å²) >= 11 is 0. The molecule has 20 heavy (non-hydrogen) atoms. The number of fused-ring (bicyclic) bond motifs is 1. The lowest BCUT2D eigenvalue weighted by molar-refractivity contribution is 0.370. The fourth-order valence-corrected chi connectivity index (χ4v) is 3.49. The second-order valence-corrected chi connectivity index (χ2v) is 6.43. The highest BCUT2D eigenvalue weighted by molar-refractivity contribution is 5.51. The topological polar surface area (TPSA) is 41.0 Å². The molecule has 0 amide bonds. The summed E-state index contributed by atoms with van der Waals surface area (Å²) in [6.07, 6.45) is 7.91. The average molecular weight is 274 g/mol. The van der Waals surface area contributed by atoms with Crippen molar-refractivity contribution in [3.8, 4) is 0 Å². The molecule has 1 aromatic rings. The van der Waals surface area contributed by atoms with Gasteiger partial charge in [-0.2, -0.15) is 0 Å². The third-order valence-corrected chi connectivity index (χ3v) is 4.60. The Labute approximate surface area is 122 Å². The summed E-state index contributed by atoms with van der Waals surface area (Å²) < 4.78 is 0. The Hall–Kier alpha value is -1.16. The molecule has 4 heteroatoms. The van der Waals surface area contributed by atoms with E-state index in [1.807, 2.05) is 0 Å². The van der Waals surface area contributed by atoms with Crippen molar-refractivity contribution in [2.24, 2.45) is 5.92 Å². The van der Waals surface area contributed by atoms with Crippen molar-refractivity contribution >= 4 is 5.82 Å². The standard InChI is InChI=1S/C16H26N4/c1-12(2)20(10-13-5-4-8-17-9-13)16-14-6-3-7-15(14)18-11-19-16/h11-13,17H,3-10H2,1-2H3. The zero-order valence-electron chi connectivity index (χ0n) is 12.7. The van der Waals surface area contributed by atoms with Crippen LogP contribution in [0.4, 0.5) is 5.82 Å². The number of anilines is 1. The maximum Gasteiger partial charge on any atom is 0.135 e. The molecular formula is C16H26N4. The molecule has 1 unspecified atom stereocenters. The Kier molecular flexibility index (Phi) is 4.20. The summed E-state index contributed by atoms with van der Waals surface area (Å²) in [5.41, 5.74) is 2.69. The van der Waals surface area contributed by atoms with E-state index in [1.54, 1.807) is 6.33 Å². The molecule has 0 saturated carbocycles. The van der Waals surface area contributed by atoms with Crippen LogP contribution in [0.2, 0.25) is 0 Å². The Morgan fingerprint density at radius 3 is 2.95 bits per heavy atom. The van der Waals surface area contributed by atoms with Crippen LogP contribution in [0.1, 0.15) is 44.4 Å². The molecule has 1 aromatic heterocycles. The molecule has 1 saturated heterocycles. The van der Waals surface area contributed by atoms with Gasteiger partial charge in [-0.1, -0.05) is 0 Å². The summed E-state index contributed by atoms with van der Waals surface area (Å²) in [7, 11) is 0. The van der Waals surface area contributed by atoms with Crippen molar-refractivity contribution in [3.63, 3.8) is 0 Å². The molecule has 1 aliphatic heterocycles. The molecule has 1 fully saturated rings. The van der Waals surface area contributed by atoms with Crippen LogP contribution in [0.25, 0.3) is 0 Å². The summed E-state index contributed by atoms with van der Waals surface area (Å²) in [5, 5.41) is 3.52. The van der Waals surface area contributed by atoms with Gasteiger partial charge in [-0.05, 0) is 65.0 Å². The van der Waals surface area contributed by atoms with E-state index in [1.165, 1.54) is 42.9 Å². The number of rotatable bonds is 4. The van der Waals surface area contributed by atoms with E-state index in [4.69, 9.17) is 0 Å². The number of nitrogens with zero attached hydrogens (tertiary/aromatic N) is 3. The first-order valence-electron chi connectivity index (χ1n) is 8.06. The van der Waals surface area contributed by atoms with Gasteiger partial charge in [-0.15, -0.1) is 0 Å². The minimum atomic E-state index is 0.497. The van der Waals surface area contributed by atoms with Gasteiger partial charge >= 0.3 is 0 Å². The van der Waals surface area contributed by atoms with Gasteiger partial charge in [0, 0.05) is 23.8 Å². The van der Waals surface area contributed by atoms with Crippen molar-refractivity contribution in [2.75, 3.05) is 24.5 Å². The summed E-state index contributed by atoms with van der Waals surface area (Å²) in [6, 6.07) is 0.497. The van der Waals surface area contributed by atoms with Crippen LogP contribution < -0.4 is 10.2 Å². The molecule has 0 spiro atoms. The molecule has 2 heterocycles. The minimum absolute atomic E-state index is 0.497. The zero-order valence-corrected chi connectivity index (χ0v) is 12.7. The highest BCUT2D eigenvalue weighted by atomic mass is 15.2. The third-order valence-electron chi connectivity index (χ3n) is 4.60. The molecule has 0 radical (unpaired) electrons. The van der Waals surface area contributed by atoms with Crippen molar-refractivity contribution in [1.82, 2.24) is 15.3 Å². The predicted molar refractivity (Wildman–Crippen MR) is 82.1 cm³/mol. The number of nitrogens with one attached hydrogen (secondary N) is 1. The number of hydrogen-bond donors (Lipinski definition) is 1. The van der Waals surface area contributed by atoms with Crippen molar-refractivity contribution in [2.45, 2.75) is 52.0 Å². The van der Waals surface area contributed by atoms with Crippen LogP contribution in [-0.2, 0) is 12.8 Å². The van der Waals surface area contributed by atoms with Gasteiger partial charge in [0.1, 0.15) is 12.1 Å². The maximum atomic E-state index is 4.63. The minimum Gasteiger partial charge on any atom is -0.354 e. The SMILES string of the molecule is CC(C)N(CC1CCCNC1)c1ncnc2c1CCC2. The lowest BCUT2D eigenvalue weighted by atomic mass is 9.98. The van der Waals surface area contributed by atoms with Gasteiger partial charge in [0.2, 0.25) is 0 Å². The lowest BCUT2D eigenvalue weighted by Crippen LogP contribution is -2.42. The normalized spacial score (nSPS) is 22.1. The van der Waals surface area contributed by atoms with Gasteiger partial charge in [0.25, 0.3) is 0 Å². The molecule has 0 aromatic carbocycles. The van der Waals surface area contributed by atoms with Gasteiger partial charge < -0.3 is 10.2 Å². The summed E-state index contributed by atoms with van der Waals surface area (Å²) in [5.74, 6) is 1.95. The van der Waals surface area contributed by atoms with E-state index in [2.05, 4.69) is 34.0 Å². The molecule has 110 valence electrons. The molecule has 2 aliphatic rings. The van der Waals surface area contributed by atoms with E-state index in [0.29, 0.717) is 6.04 Å². The van der Waals surface area contributed by atoms with Crippen molar-refractivity contribution in [1.29, 1.82) is 0 Å². The highest BCUT2D eigenvalue weighted by Gasteiger charge is 2.25. The molecular weight excluding hydrogens is 248 g/mol. The van der Waals surface area contributed by atoms with E-state index in [0.717, 1.165) is 31.8 Å². The molecule has 1 aliphatic carbocycles. The fourth-order valence-electron chi connectivity index (χ4n) is 3.49. The Balaban J connectivity index is 1.81. The quantitative estimate of drug-likeness (QED) is 0.913. The van der Waals surface area contributed by atoms with Crippen LogP contribution in [0.15, 0.2) is 6.33 Å². The van der Waals surface area contributed by atoms with E-state index < -0.39 is 0 Å². The Morgan fingerprint density at radius 1 is 1.30 bits per heavy atom. The Morgan fingerprint density at radius 2 is 2.20 bits per heavy atom. The molecule has 4 nitrogen and oxygen atoms in total. The third kappa shape index (κ3) is 2.80. The average Bonchev–Trinajstić information content (AvgIpc) is 2.94. The second-order valence-electron chi connectivity index (χ2n) is 6.43. The van der Waals surface area contributed by atoms with Crippen molar-refractivity contribution < 1.29 is 0 Å². The number of hydrogen-bond acceptors (Lipinski definition) is 4.